The molecular weight excluding hydrogens is 387 g/mol. The van der Waals surface area contributed by atoms with Gasteiger partial charge in [0.25, 0.3) is 5.91 Å². The highest BCUT2D eigenvalue weighted by Crippen LogP contribution is 2.31. The molecule has 150 valence electrons. The minimum Gasteiger partial charge on any atom is -0.496 e. The van der Waals surface area contributed by atoms with E-state index in [0.29, 0.717) is 17.3 Å². The van der Waals surface area contributed by atoms with Gasteiger partial charge in [-0.05, 0) is 36.4 Å². The summed E-state index contributed by atoms with van der Waals surface area (Å²) in [6.07, 6.45) is -3.20. The SMILES string of the molecule is COc1ccc(Nc2cc(Nc3cccc(C(F)(F)F)c3)ncn2)cc1C(N)=O. The quantitative estimate of drug-likeness (QED) is 0.573. The summed E-state index contributed by atoms with van der Waals surface area (Å²) in [6.45, 7) is 0. The second-order valence-electron chi connectivity index (χ2n) is 5.90. The topological polar surface area (TPSA) is 102 Å². The van der Waals surface area contributed by atoms with E-state index in [2.05, 4.69) is 20.6 Å². The number of carbonyl (C=O) groups is 1. The van der Waals surface area contributed by atoms with Crippen molar-refractivity contribution in [2.75, 3.05) is 17.7 Å². The minimum absolute atomic E-state index is 0.189. The predicted octanol–water partition coefficient (Wildman–Crippen LogP) is 4.09. The number of halogens is 3. The number of nitrogens with zero attached hydrogens (tertiary/aromatic N) is 2. The maximum Gasteiger partial charge on any atom is 0.416 e. The molecule has 1 amide bonds. The Balaban J connectivity index is 1.80. The zero-order valence-corrected chi connectivity index (χ0v) is 15.1. The van der Waals surface area contributed by atoms with E-state index in [4.69, 9.17) is 10.5 Å². The van der Waals surface area contributed by atoms with Crippen molar-refractivity contribution in [2.24, 2.45) is 5.73 Å². The summed E-state index contributed by atoms with van der Waals surface area (Å²) in [4.78, 5) is 19.6. The molecule has 0 aliphatic carbocycles. The number of rotatable bonds is 6. The molecule has 0 aliphatic rings. The van der Waals surface area contributed by atoms with Crippen LogP contribution in [0.25, 0.3) is 0 Å². The smallest absolute Gasteiger partial charge is 0.416 e. The van der Waals surface area contributed by atoms with Crippen LogP contribution in [0.1, 0.15) is 15.9 Å². The van der Waals surface area contributed by atoms with Gasteiger partial charge < -0.3 is 21.1 Å². The third kappa shape index (κ3) is 4.92. The molecule has 0 spiro atoms. The molecule has 10 heteroatoms. The standard InChI is InChI=1S/C19H16F3N5O2/c1-29-15-6-5-13(8-14(15)18(23)28)27-17-9-16(24-10-25-17)26-12-4-2-3-11(7-12)19(20,21)22/h2-10H,1H3,(H2,23,28)(H2,24,25,26,27). The van der Waals surface area contributed by atoms with Crippen LogP contribution in [-0.2, 0) is 6.18 Å². The third-order valence-corrected chi connectivity index (χ3v) is 3.87. The van der Waals surface area contributed by atoms with Crippen molar-refractivity contribution in [1.82, 2.24) is 9.97 Å². The molecule has 0 saturated heterocycles. The van der Waals surface area contributed by atoms with Crippen LogP contribution in [0.3, 0.4) is 0 Å². The zero-order valence-electron chi connectivity index (χ0n) is 15.1. The molecule has 0 saturated carbocycles. The monoisotopic (exact) mass is 403 g/mol. The fourth-order valence-electron chi connectivity index (χ4n) is 2.54. The first-order valence-corrected chi connectivity index (χ1v) is 8.27. The number of anilines is 4. The van der Waals surface area contributed by atoms with Gasteiger partial charge in [-0.2, -0.15) is 13.2 Å². The van der Waals surface area contributed by atoms with Crippen LogP contribution in [0.4, 0.5) is 36.2 Å². The number of aromatic nitrogens is 2. The number of benzene rings is 2. The van der Waals surface area contributed by atoms with Gasteiger partial charge >= 0.3 is 6.18 Å². The lowest BCUT2D eigenvalue weighted by atomic mass is 10.1. The average molecular weight is 403 g/mol. The first kappa shape index (κ1) is 19.9. The van der Waals surface area contributed by atoms with Crippen LogP contribution < -0.4 is 21.1 Å². The van der Waals surface area contributed by atoms with E-state index in [0.717, 1.165) is 12.1 Å². The number of methoxy groups -OCH3 is 1. The Morgan fingerprint density at radius 2 is 1.66 bits per heavy atom. The number of ether oxygens (including phenoxy) is 1. The molecule has 1 aromatic heterocycles. The van der Waals surface area contributed by atoms with E-state index in [1.807, 2.05) is 0 Å². The minimum atomic E-state index is -4.44. The largest absolute Gasteiger partial charge is 0.496 e. The van der Waals surface area contributed by atoms with Crippen LogP contribution in [0.5, 0.6) is 5.75 Å². The van der Waals surface area contributed by atoms with E-state index in [1.54, 1.807) is 12.1 Å². The molecule has 0 radical (unpaired) electrons. The number of alkyl halides is 3. The van der Waals surface area contributed by atoms with Gasteiger partial charge in [0.05, 0.1) is 18.2 Å². The molecule has 0 unspecified atom stereocenters. The summed E-state index contributed by atoms with van der Waals surface area (Å²) in [5.41, 5.74) is 5.50. The van der Waals surface area contributed by atoms with E-state index < -0.39 is 17.6 Å². The fraction of sp³-hybridized carbons (Fsp3) is 0.105. The Labute approximate surface area is 163 Å². The van der Waals surface area contributed by atoms with Crippen LogP contribution in [-0.4, -0.2) is 23.0 Å². The molecule has 1 heterocycles. The lowest BCUT2D eigenvalue weighted by molar-refractivity contribution is -0.137. The van der Waals surface area contributed by atoms with Crippen molar-refractivity contribution in [2.45, 2.75) is 6.18 Å². The highest BCUT2D eigenvalue weighted by Gasteiger charge is 2.30. The lowest BCUT2D eigenvalue weighted by Crippen LogP contribution is -2.12. The molecule has 3 rings (SSSR count). The van der Waals surface area contributed by atoms with Crippen molar-refractivity contribution in [3.05, 3.63) is 66.0 Å². The van der Waals surface area contributed by atoms with E-state index in [9.17, 15) is 18.0 Å². The molecule has 7 nitrogen and oxygen atoms in total. The van der Waals surface area contributed by atoms with E-state index >= 15 is 0 Å². The highest BCUT2D eigenvalue weighted by molar-refractivity contribution is 5.96. The van der Waals surface area contributed by atoms with Crippen LogP contribution in [0, 0.1) is 0 Å². The zero-order chi connectivity index (χ0) is 21.0. The summed E-state index contributed by atoms with van der Waals surface area (Å²) < 4.78 is 43.6. The van der Waals surface area contributed by atoms with Crippen LogP contribution >= 0.6 is 0 Å². The molecule has 29 heavy (non-hydrogen) atoms. The molecule has 3 aromatic rings. The molecule has 0 aliphatic heterocycles. The van der Waals surface area contributed by atoms with E-state index in [-0.39, 0.29) is 17.1 Å². The van der Waals surface area contributed by atoms with Crippen molar-refractivity contribution >= 4 is 28.9 Å². The van der Waals surface area contributed by atoms with Gasteiger partial charge in [0.1, 0.15) is 23.7 Å². The van der Waals surface area contributed by atoms with Gasteiger partial charge in [-0.3, -0.25) is 4.79 Å². The Kier molecular flexibility index (Phi) is 5.53. The normalized spacial score (nSPS) is 11.0. The Morgan fingerprint density at radius 3 is 2.24 bits per heavy atom. The predicted molar refractivity (Wildman–Crippen MR) is 102 cm³/mol. The summed E-state index contributed by atoms with van der Waals surface area (Å²) in [5.74, 6) is 0.318. The molecule has 0 bridgehead atoms. The molecule has 0 fully saturated rings. The summed E-state index contributed by atoms with van der Waals surface area (Å²) in [7, 11) is 1.42. The maximum atomic E-state index is 12.9. The first-order valence-electron chi connectivity index (χ1n) is 8.27. The van der Waals surface area contributed by atoms with Gasteiger partial charge in [0.2, 0.25) is 0 Å². The van der Waals surface area contributed by atoms with Gasteiger partial charge in [-0.1, -0.05) is 6.07 Å². The van der Waals surface area contributed by atoms with Gasteiger partial charge in [0.15, 0.2) is 0 Å². The number of hydrogen-bond donors (Lipinski definition) is 3. The van der Waals surface area contributed by atoms with Crippen molar-refractivity contribution < 1.29 is 22.7 Å². The van der Waals surface area contributed by atoms with Crippen LogP contribution in [0.15, 0.2) is 54.9 Å². The number of hydrogen-bond acceptors (Lipinski definition) is 6. The second-order valence-corrected chi connectivity index (χ2v) is 5.90. The number of primary amides is 1. The Hall–Kier alpha value is -3.82. The molecule has 0 atom stereocenters. The fourth-order valence-corrected chi connectivity index (χ4v) is 2.54. The number of nitrogens with one attached hydrogen (secondary N) is 2. The summed E-state index contributed by atoms with van der Waals surface area (Å²) in [6, 6.07) is 11.0. The lowest BCUT2D eigenvalue weighted by Gasteiger charge is -2.12. The van der Waals surface area contributed by atoms with Crippen molar-refractivity contribution in [1.29, 1.82) is 0 Å². The molecular formula is C19H16F3N5O2. The molecule has 4 N–H and O–H groups in total. The van der Waals surface area contributed by atoms with Gasteiger partial charge in [0, 0.05) is 17.4 Å². The summed E-state index contributed by atoms with van der Waals surface area (Å²) >= 11 is 0. The van der Waals surface area contributed by atoms with Crippen LogP contribution in [0.2, 0.25) is 0 Å². The third-order valence-electron chi connectivity index (χ3n) is 3.87. The Bertz CT molecular complexity index is 1040. The highest BCUT2D eigenvalue weighted by atomic mass is 19.4. The number of amides is 1. The van der Waals surface area contributed by atoms with Gasteiger partial charge in [-0.15, -0.1) is 0 Å². The maximum absolute atomic E-state index is 12.9. The number of nitrogens with two attached hydrogens (primary N) is 1. The van der Waals surface area contributed by atoms with Crippen molar-refractivity contribution in [3.63, 3.8) is 0 Å². The second kappa shape index (κ2) is 8.05. The van der Waals surface area contributed by atoms with Crippen molar-refractivity contribution in [3.8, 4) is 5.75 Å². The Morgan fingerprint density at radius 1 is 1.00 bits per heavy atom. The summed E-state index contributed by atoms with van der Waals surface area (Å²) in [5, 5.41) is 5.78. The molecule has 2 aromatic carbocycles. The number of carbonyl (C=O) groups excluding carboxylic acids is 1. The first-order chi connectivity index (χ1) is 13.8. The van der Waals surface area contributed by atoms with E-state index in [1.165, 1.54) is 37.7 Å². The van der Waals surface area contributed by atoms with Gasteiger partial charge in [-0.25, -0.2) is 9.97 Å². The average Bonchev–Trinajstić information content (AvgIpc) is 2.68.